The Kier molecular flexibility index (Phi) is 1.94. The number of carbonyl (C=O) groups is 1. The predicted molar refractivity (Wildman–Crippen MR) is 35.5 cm³/mol. The Morgan fingerprint density at radius 1 is 1.60 bits per heavy atom. The zero-order valence-corrected chi connectivity index (χ0v) is 5.89. The Morgan fingerprint density at radius 2 is 2.30 bits per heavy atom. The molecule has 0 spiro atoms. The van der Waals surface area contributed by atoms with Crippen LogP contribution in [0, 0.1) is 0 Å². The van der Waals surface area contributed by atoms with E-state index in [0.717, 1.165) is 6.42 Å². The Balaban J connectivity index is 2.71. The number of methoxy groups -OCH3 is 1. The highest BCUT2D eigenvalue weighted by atomic mass is 16.5. The van der Waals surface area contributed by atoms with Gasteiger partial charge >= 0.3 is 5.97 Å². The SMILES string of the molecule is COC(=O)C1=C(O)CCC1. The average Bonchev–Trinajstić information content (AvgIpc) is 2.34. The van der Waals surface area contributed by atoms with Crippen LogP contribution in [-0.4, -0.2) is 18.2 Å². The van der Waals surface area contributed by atoms with Gasteiger partial charge in [0.2, 0.25) is 0 Å². The van der Waals surface area contributed by atoms with Crippen LogP contribution in [0.4, 0.5) is 0 Å². The highest BCUT2D eigenvalue weighted by molar-refractivity contribution is 5.89. The van der Waals surface area contributed by atoms with E-state index in [4.69, 9.17) is 5.11 Å². The van der Waals surface area contributed by atoms with E-state index in [9.17, 15) is 4.79 Å². The van der Waals surface area contributed by atoms with E-state index in [-0.39, 0.29) is 5.76 Å². The van der Waals surface area contributed by atoms with Crippen molar-refractivity contribution in [2.75, 3.05) is 7.11 Å². The molecule has 0 saturated heterocycles. The molecule has 0 saturated carbocycles. The quantitative estimate of drug-likeness (QED) is 0.559. The van der Waals surface area contributed by atoms with Gasteiger partial charge in [0.05, 0.1) is 12.7 Å². The first kappa shape index (κ1) is 7.12. The van der Waals surface area contributed by atoms with Crippen LogP contribution in [0.15, 0.2) is 11.3 Å². The van der Waals surface area contributed by atoms with E-state index in [2.05, 4.69) is 4.74 Å². The summed E-state index contributed by atoms with van der Waals surface area (Å²) < 4.78 is 4.45. The van der Waals surface area contributed by atoms with Crippen molar-refractivity contribution in [2.45, 2.75) is 19.3 Å². The molecule has 0 aromatic heterocycles. The molecular weight excluding hydrogens is 132 g/mol. The second-order valence-electron chi connectivity index (χ2n) is 2.27. The maximum Gasteiger partial charge on any atom is 0.337 e. The van der Waals surface area contributed by atoms with E-state index < -0.39 is 5.97 Å². The molecule has 0 radical (unpaired) electrons. The molecule has 1 N–H and O–H groups in total. The lowest BCUT2D eigenvalue weighted by Gasteiger charge is -1.97. The number of esters is 1. The van der Waals surface area contributed by atoms with Gasteiger partial charge in [-0.15, -0.1) is 0 Å². The van der Waals surface area contributed by atoms with Gasteiger partial charge in [0.15, 0.2) is 0 Å². The molecule has 3 nitrogen and oxygen atoms in total. The van der Waals surface area contributed by atoms with Crippen LogP contribution in [0.5, 0.6) is 0 Å². The molecule has 1 aliphatic carbocycles. The second-order valence-corrected chi connectivity index (χ2v) is 2.27. The van der Waals surface area contributed by atoms with Crippen molar-refractivity contribution in [3.8, 4) is 0 Å². The third kappa shape index (κ3) is 1.12. The highest BCUT2D eigenvalue weighted by Crippen LogP contribution is 2.24. The lowest BCUT2D eigenvalue weighted by Crippen LogP contribution is -2.03. The monoisotopic (exact) mass is 142 g/mol. The number of hydrogen-bond acceptors (Lipinski definition) is 3. The molecule has 1 aliphatic rings. The topological polar surface area (TPSA) is 46.5 Å². The van der Waals surface area contributed by atoms with Crippen molar-refractivity contribution >= 4 is 5.97 Å². The van der Waals surface area contributed by atoms with Crippen molar-refractivity contribution in [3.05, 3.63) is 11.3 Å². The number of allylic oxidation sites excluding steroid dienone is 1. The minimum atomic E-state index is -0.394. The van der Waals surface area contributed by atoms with Gasteiger partial charge in [-0.05, 0) is 12.8 Å². The van der Waals surface area contributed by atoms with Crippen molar-refractivity contribution in [2.24, 2.45) is 0 Å². The zero-order valence-electron chi connectivity index (χ0n) is 5.89. The molecule has 0 fully saturated rings. The van der Waals surface area contributed by atoms with Gasteiger partial charge in [-0.2, -0.15) is 0 Å². The van der Waals surface area contributed by atoms with Crippen LogP contribution in [0.1, 0.15) is 19.3 Å². The molecule has 0 aliphatic heterocycles. The molecule has 0 aromatic rings. The third-order valence-electron chi connectivity index (χ3n) is 1.62. The van der Waals surface area contributed by atoms with Crippen molar-refractivity contribution in [1.29, 1.82) is 0 Å². The van der Waals surface area contributed by atoms with Crippen LogP contribution >= 0.6 is 0 Å². The number of hydrogen-bond donors (Lipinski definition) is 1. The average molecular weight is 142 g/mol. The standard InChI is InChI=1S/C7H10O3/c1-10-7(9)5-3-2-4-6(5)8/h8H,2-4H2,1H3. The minimum absolute atomic E-state index is 0.201. The van der Waals surface area contributed by atoms with Crippen LogP contribution in [0.3, 0.4) is 0 Å². The summed E-state index contributed by atoms with van der Waals surface area (Å²) in [6.45, 7) is 0. The lowest BCUT2D eigenvalue weighted by molar-refractivity contribution is -0.136. The molecule has 1 rings (SSSR count). The molecule has 0 amide bonds. The summed E-state index contributed by atoms with van der Waals surface area (Å²) in [5.74, 6) is -0.193. The fourth-order valence-corrected chi connectivity index (χ4v) is 1.07. The van der Waals surface area contributed by atoms with Gasteiger partial charge in [-0.3, -0.25) is 0 Å². The third-order valence-corrected chi connectivity index (χ3v) is 1.62. The molecule has 0 unspecified atom stereocenters. The molecule has 56 valence electrons. The minimum Gasteiger partial charge on any atom is -0.512 e. The number of ether oxygens (including phenoxy) is 1. The molecule has 0 heterocycles. The Labute approximate surface area is 59.3 Å². The van der Waals surface area contributed by atoms with Gasteiger partial charge in [-0.1, -0.05) is 0 Å². The first-order valence-electron chi connectivity index (χ1n) is 3.25. The Bertz CT molecular complexity index is 181. The largest absolute Gasteiger partial charge is 0.512 e. The van der Waals surface area contributed by atoms with Crippen molar-refractivity contribution < 1.29 is 14.6 Å². The summed E-state index contributed by atoms with van der Waals surface area (Å²) in [6, 6.07) is 0. The van der Waals surface area contributed by atoms with E-state index in [1.54, 1.807) is 0 Å². The first-order valence-corrected chi connectivity index (χ1v) is 3.25. The van der Waals surface area contributed by atoms with E-state index in [1.165, 1.54) is 7.11 Å². The zero-order chi connectivity index (χ0) is 7.56. The predicted octanol–water partition coefficient (Wildman–Crippen LogP) is 1.16. The maximum absolute atomic E-state index is 10.8. The van der Waals surface area contributed by atoms with E-state index in [0.29, 0.717) is 18.4 Å². The summed E-state index contributed by atoms with van der Waals surface area (Å²) >= 11 is 0. The fourth-order valence-electron chi connectivity index (χ4n) is 1.07. The van der Waals surface area contributed by atoms with Crippen molar-refractivity contribution in [3.63, 3.8) is 0 Å². The van der Waals surface area contributed by atoms with E-state index >= 15 is 0 Å². The number of aliphatic hydroxyl groups excluding tert-OH is 1. The summed E-state index contributed by atoms with van der Waals surface area (Å²) in [5.41, 5.74) is 0.447. The van der Waals surface area contributed by atoms with Crippen LogP contribution in [0.25, 0.3) is 0 Å². The summed E-state index contributed by atoms with van der Waals surface area (Å²) in [7, 11) is 1.32. The second kappa shape index (κ2) is 2.73. The fraction of sp³-hybridized carbons (Fsp3) is 0.571. The van der Waals surface area contributed by atoms with E-state index in [1.807, 2.05) is 0 Å². The molecule has 10 heavy (non-hydrogen) atoms. The van der Waals surface area contributed by atoms with Crippen LogP contribution < -0.4 is 0 Å². The van der Waals surface area contributed by atoms with Gasteiger partial charge in [-0.25, -0.2) is 4.79 Å². The first-order chi connectivity index (χ1) is 4.75. The Hall–Kier alpha value is -0.990. The van der Waals surface area contributed by atoms with Gasteiger partial charge in [0, 0.05) is 6.42 Å². The van der Waals surface area contributed by atoms with Gasteiger partial charge < -0.3 is 9.84 Å². The number of carbonyl (C=O) groups excluding carboxylic acids is 1. The van der Waals surface area contributed by atoms with Gasteiger partial charge in [0.1, 0.15) is 5.76 Å². The molecule has 3 heteroatoms. The summed E-state index contributed by atoms with van der Waals surface area (Å²) in [5, 5.41) is 9.07. The molecular formula is C7H10O3. The highest BCUT2D eigenvalue weighted by Gasteiger charge is 2.20. The maximum atomic E-state index is 10.8. The van der Waals surface area contributed by atoms with Crippen LogP contribution in [0.2, 0.25) is 0 Å². The lowest BCUT2D eigenvalue weighted by atomic mass is 10.2. The normalized spacial score (nSPS) is 17.7. The molecule has 0 atom stereocenters. The number of rotatable bonds is 1. The van der Waals surface area contributed by atoms with Gasteiger partial charge in [0.25, 0.3) is 0 Å². The summed E-state index contributed by atoms with van der Waals surface area (Å²) in [4.78, 5) is 10.8. The van der Waals surface area contributed by atoms with Crippen LogP contribution in [-0.2, 0) is 9.53 Å². The number of aliphatic hydroxyl groups is 1. The smallest absolute Gasteiger partial charge is 0.337 e. The molecule has 0 aromatic carbocycles. The summed E-state index contributed by atoms with van der Waals surface area (Å²) in [6.07, 6.45) is 2.12. The van der Waals surface area contributed by atoms with Crippen molar-refractivity contribution in [1.82, 2.24) is 0 Å². The molecule has 0 bridgehead atoms. The Morgan fingerprint density at radius 3 is 2.70 bits per heavy atom.